The maximum absolute atomic E-state index is 2.50. The van der Waals surface area contributed by atoms with Crippen LogP contribution in [0.15, 0.2) is 23.3 Å². The predicted octanol–water partition coefficient (Wildman–Crippen LogP) is 5.51. The first-order chi connectivity index (χ1) is 7.75. The largest absolute Gasteiger partial charge is 0.0808 e. The van der Waals surface area contributed by atoms with E-state index in [0.29, 0.717) is 0 Å². The van der Waals surface area contributed by atoms with Gasteiger partial charge in [-0.1, -0.05) is 39.8 Å². The Kier molecular flexibility index (Phi) is 5.87. The lowest BCUT2D eigenvalue weighted by Gasteiger charge is -2.24. The van der Waals surface area contributed by atoms with Crippen molar-refractivity contribution in [2.75, 3.05) is 0 Å². The fourth-order valence-electron chi connectivity index (χ4n) is 2.51. The van der Waals surface area contributed by atoms with Crippen molar-refractivity contribution in [1.82, 2.24) is 0 Å². The van der Waals surface area contributed by atoms with Crippen LogP contribution < -0.4 is 0 Å². The third-order valence-electron chi connectivity index (χ3n) is 3.76. The van der Waals surface area contributed by atoms with Crippen molar-refractivity contribution in [2.24, 2.45) is 11.8 Å². The number of allylic oxidation sites excluding steroid dienone is 4. The summed E-state index contributed by atoms with van der Waals surface area (Å²) in [5.74, 6) is 1.84. The lowest BCUT2D eigenvalue weighted by molar-refractivity contribution is 0.493. The minimum Gasteiger partial charge on any atom is -0.0808 e. The van der Waals surface area contributed by atoms with Crippen LogP contribution in [0.2, 0.25) is 0 Å². The molecule has 0 bridgehead atoms. The molecule has 0 saturated carbocycles. The van der Waals surface area contributed by atoms with Gasteiger partial charge in [0.2, 0.25) is 0 Å². The van der Waals surface area contributed by atoms with Crippen molar-refractivity contribution in [3.63, 3.8) is 0 Å². The van der Waals surface area contributed by atoms with E-state index in [4.69, 9.17) is 0 Å². The maximum Gasteiger partial charge on any atom is -0.0277 e. The Labute approximate surface area is 102 Å². The summed E-state index contributed by atoms with van der Waals surface area (Å²) in [6.07, 6.45) is 13.1. The van der Waals surface area contributed by atoms with Gasteiger partial charge in [-0.05, 0) is 61.5 Å². The molecule has 2 unspecified atom stereocenters. The van der Waals surface area contributed by atoms with Crippen molar-refractivity contribution in [3.05, 3.63) is 23.3 Å². The van der Waals surface area contributed by atoms with E-state index in [2.05, 4.69) is 26.0 Å². The summed E-state index contributed by atoms with van der Waals surface area (Å²) in [6.45, 7) is 8.73. The highest BCUT2D eigenvalue weighted by atomic mass is 14.2. The minimum absolute atomic E-state index is 0.918. The number of hydrogen-bond donors (Lipinski definition) is 0. The summed E-state index contributed by atoms with van der Waals surface area (Å²) in [4.78, 5) is 0. The van der Waals surface area contributed by atoms with Gasteiger partial charge >= 0.3 is 0 Å². The fraction of sp³-hybridized carbons (Fsp3) is 0.750. The maximum atomic E-state index is 2.50. The van der Waals surface area contributed by atoms with Gasteiger partial charge < -0.3 is 0 Å². The topological polar surface area (TPSA) is 0 Å². The Balaban J connectivity index is 0.000000606. The van der Waals surface area contributed by atoms with Crippen molar-refractivity contribution in [3.8, 4) is 0 Å². The normalized spacial score (nSPS) is 29.8. The lowest BCUT2D eigenvalue weighted by Crippen LogP contribution is -2.07. The standard InChI is InChI=1S/C14H22.C2H6/c1-11-3-7-13(8-4-11)14-9-5-12(2)6-10-14;1-2/h7,9,11-12H,3-6,8,10H2,1-2H3;1-2H3. The van der Waals surface area contributed by atoms with E-state index < -0.39 is 0 Å². The second-order valence-corrected chi connectivity index (χ2v) is 5.22. The Morgan fingerprint density at radius 1 is 0.812 bits per heavy atom. The molecule has 0 radical (unpaired) electrons. The Morgan fingerprint density at radius 3 is 1.44 bits per heavy atom. The van der Waals surface area contributed by atoms with Gasteiger partial charge in [-0.2, -0.15) is 0 Å². The van der Waals surface area contributed by atoms with Crippen molar-refractivity contribution >= 4 is 0 Å². The lowest BCUT2D eigenvalue weighted by atomic mass is 9.82. The Morgan fingerprint density at radius 2 is 1.19 bits per heavy atom. The molecule has 0 saturated heterocycles. The van der Waals surface area contributed by atoms with Crippen molar-refractivity contribution < 1.29 is 0 Å². The molecule has 0 aromatic carbocycles. The van der Waals surface area contributed by atoms with Crippen LogP contribution in [-0.4, -0.2) is 0 Å². The molecule has 2 rings (SSSR count). The smallest absolute Gasteiger partial charge is 0.0277 e. The van der Waals surface area contributed by atoms with Crippen LogP contribution in [0.3, 0.4) is 0 Å². The van der Waals surface area contributed by atoms with Crippen LogP contribution in [0.4, 0.5) is 0 Å². The molecule has 0 amide bonds. The summed E-state index contributed by atoms with van der Waals surface area (Å²) in [5.41, 5.74) is 3.35. The molecule has 92 valence electrons. The third-order valence-corrected chi connectivity index (χ3v) is 3.76. The van der Waals surface area contributed by atoms with Gasteiger partial charge in [0.25, 0.3) is 0 Å². The van der Waals surface area contributed by atoms with E-state index in [-0.39, 0.29) is 0 Å². The molecule has 0 heteroatoms. The third kappa shape index (κ3) is 3.81. The van der Waals surface area contributed by atoms with Gasteiger partial charge in [0.15, 0.2) is 0 Å². The van der Waals surface area contributed by atoms with Crippen molar-refractivity contribution in [2.45, 2.75) is 66.2 Å². The van der Waals surface area contributed by atoms with Crippen LogP contribution in [0.5, 0.6) is 0 Å². The molecule has 2 aliphatic rings. The van der Waals surface area contributed by atoms with Crippen LogP contribution in [0, 0.1) is 11.8 Å². The summed E-state index contributed by atoms with van der Waals surface area (Å²) >= 11 is 0. The molecule has 2 aliphatic carbocycles. The van der Waals surface area contributed by atoms with Gasteiger partial charge in [-0.3, -0.25) is 0 Å². The molecule has 2 atom stereocenters. The molecule has 0 nitrogen and oxygen atoms in total. The highest BCUT2D eigenvalue weighted by Gasteiger charge is 2.16. The molecule has 0 fully saturated rings. The second-order valence-electron chi connectivity index (χ2n) is 5.22. The molecule has 16 heavy (non-hydrogen) atoms. The minimum atomic E-state index is 0.918. The summed E-state index contributed by atoms with van der Waals surface area (Å²) in [7, 11) is 0. The highest BCUT2D eigenvalue weighted by molar-refractivity contribution is 5.33. The van der Waals surface area contributed by atoms with E-state index >= 15 is 0 Å². The summed E-state index contributed by atoms with van der Waals surface area (Å²) in [6, 6.07) is 0. The van der Waals surface area contributed by atoms with Gasteiger partial charge in [0.05, 0.1) is 0 Å². The van der Waals surface area contributed by atoms with E-state index in [1.165, 1.54) is 38.5 Å². The zero-order valence-corrected chi connectivity index (χ0v) is 11.6. The van der Waals surface area contributed by atoms with E-state index in [1.807, 2.05) is 13.8 Å². The first-order valence-electron chi connectivity index (χ1n) is 7.14. The summed E-state index contributed by atoms with van der Waals surface area (Å²) in [5, 5.41) is 0. The van der Waals surface area contributed by atoms with Gasteiger partial charge in [0.1, 0.15) is 0 Å². The van der Waals surface area contributed by atoms with Crippen molar-refractivity contribution in [1.29, 1.82) is 0 Å². The molecule has 0 aliphatic heterocycles. The average molecular weight is 220 g/mol. The molecular weight excluding hydrogens is 192 g/mol. The monoisotopic (exact) mass is 220 g/mol. The molecule has 0 aromatic rings. The van der Waals surface area contributed by atoms with E-state index in [1.54, 1.807) is 11.1 Å². The predicted molar refractivity (Wildman–Crippen MR) is 73.5 cm³/mol. The van der Waals surface area contributed by atoms with Crippen LogP contribution in [0.25, 0.3) is 0 Å². The van der Waals surface area contributed by atoms with Crippen LogP contribution >= 0.6 is 0 Å². The second kappa shape index (κ2) is 6.93. The van der Waals surface area contributed by atoms with Gasteiger partial charge in [0, 0.05) is 0 Å². The zero-order valence-electron chi connectivity index (χ0n) is 11.6. The van der Waals surface area contributed by atoms with E-state index in [0.717, 1.165) is 11.8 Å². The zero-order chi connectivity index (χ0) is 12.0. The Bertz CT molecular complexity index is 229. The fourth-order valence-corrected chi connectivity index (χ4v) is 2.51. The first-order valence-corrected chi connectivity index (χ1v) is 7.14. The van der Waals surface area contributed by atoms with Crippen LogP contribution in [-0.2, 0) is 0 Å². The molecule has 0 aromatic heterocycles. The SMILES string of the molecule is CC.CC1CC=C(C2=CCC(C)CC2)CC1. The Hall–Kier alpha value is -0.520. The molecule has 0 spiro atoms. The number of hydrogen-bond acceptors (Lipinski definition) is 0. The molecular formula is C16H28. The molecule has 0 N–H and O–H groups in total. The van der Waals surface area contributed by atoms with Crippen LogP contribution in [0.1, 0.15) is 66.2 Å². The summed E-state index contributed by atoms with van der Waals surface area (Å²) < 4.78 is 0. The number of rotatable bonds is 1. The van der Waals surface area contributed by atoms with E-state index in [9.17, 15) is 0 Å². The quantitative estimate of drug-likeness (QED) is 0.547. The average Bonchev–Trinajstić information content (AvgIpc) is 2.34. The van der Waals surface area contributed by atoms with Gasteiger partial charge in [-0.25, -0.2) is 0 Å². The first kappa shape index (κ1) is 13.5. The van der Waals surface area contributed by atoms with Gasteiger partial charge in [-0.15, -0.1) is 0 Å². The molecule has 0 heterocycles. The highest BCUT2D eigenvalue weighted by Crippen LogP contribution is 2.33.